The number of aliphatic hydroxyl groups is 14. The van der Waals surface area contributed by atoms with Crippen LogP contribution in [0, 0.1) is 0 Å². The van der Waals surface area contributed by atoms with Crippen LogP contribution in [0.2, 0.25) is 0 Å². The van der Waals surface area contributed by atoms with Gasteiger partial charge in [-0.2, -0.15) is 0 Å². The Morgan fingerprint density at radius 2 is 0.691 bits per heavy atom. The normalized spacial score (nSPS) is 40.3. The van der Waals surface area contributed by atoms with Gasteiger partial charge in [-0.1, -0.05) is 71.9 Å². The molecule has 0 spiro atoms. The number of carbonyl (C=O) groups excluding carboxylic acids is 2. The lowest BCUT2D eigenvalue weighted by atomic mass is 9.98. The molecule has 24 heteroatoms. The predicted molar refractivity (Wildman–Crippen MR) is 227 cm³/mol. The number of hydrogen-bond donors (Lipinski definition) is 14. The first kappa shape index (κ1) is 56.9. The van der Waals surface area contributed by atoms with Crippen LogP contribution in [0.15, 0.2) is 83.1 Å². The zero-order chi connectivity index (χ0) is 50.6. The highest BCUT2D eigenvalue weighted by atomic mass is 16.8. The Labute approximate surface area is 390 Å². The van der Waals surface area contributed by atoms with E-state index in [4.69, 9.17) is 37.9 Å². The number of rotatable bonds is 18. The molecule has 24 nitrogen and oxygen atoms in total. The SMILES string of the molecule is CC(/C=C/C=C(\C)C(=O)OC1O[C@H](CO[C@@H]2O[C@H](CO)[C@@H](O)[C@H](O)[C@H]2O)[C@@H](O)[C@H](O)[C@H]1O)=C\C=C\C=C(C)\C=C\C=C(/C)C(=O)O[C@@H]1O[C@H](CO[C@@H]2O[C@H](CO)[C@@H](O)[C@H](O)[C@H]2O)[C@@H](O)[C@H](O)[C@H]1O. The molecule has 20 atom stereocenters. The monoisotopic (exact) mass is 976 g/mol. The Hall–Kier alpha value is -3.68. The summed E-state index contributed by atoms with van der Waals surface area (Å²) < 4.78 is 42.7. The fourth-order valence-corrected chi connectivity index (χ4v) is 6.84. The molecule has 4 aliphatic rings. The van der Waals surface area contributed by atoms with E-state index >= 15 is 0 Å². The molecule has 68 heavy (non-hydrogen) atoms. The first-order chi connectivity index (χ1) is 32.1. The highest BCUT2D eigenvalue weighted by molar-refractivity contribution is 5.88. The highest BCUT2D eigenvalue weighted by Gasteiger charge is 2.50. The summed E-state index contributed by atoms with van der Waals surface area (Å²) in [5.41, 5.74) is 1.68. The van der Waals surface area contributed by atoms with Gasteiger partial charge in [0.2, 0.25) is 12.6 Å². The Morgan fingerprint density at radius 1 is 0.397 bits per heavy atom. The average molecular weight is 977 g/mol. The summed E-state index contributed by atoms with van der Waals surface area (Å²) in [6.45, 7) is 3.80. The van der Waals surface area contributed by atoms with Gasteiger partial charge in [-0.25, -0.2) is 9.59 Å². The van der Waals surface area contributed by atoms with E-state index in [9.17, 15) is 81.1 Å². The Bertz CT molecular complexity index is 1730. The van der Waals surface area contributed by atoms with Crippen molar-refractivity contribution in [1.82, 2.24) is 0 Å². The van der Waals surface area contributed by atoms with Gasteiger partial charge in [0.05, 0.1) is 26.4 Å². The minimum Gasteiger partial charge on any atom is -0.429 e. The molecular weight excluding hydrogens is 912 g/mol. The van der Waals surface area contributed by atoms with E-state index in [2.05, 4.69) is 0 Å². The molecule has 4 rings (SSSR count). The molecular formula is C44H64O24. The van der Waals surface area contributed by atoms with Crippen LogP contribution in [0.1, 0.15) is 27.7 Å². The molecule has 0 bridgehead atoms. The fraction of sp³-hybridized carbons (Fsp3) is 0.636. The quantitative estimate of drug-likeness (QED) is 0.0347. The van der Waals surface area contributed by atoms with Gasteiger partial charge < -0.3 is 109 Å². The van der Waals surface area contributed by atoms with Crippen LogP contribution in [0.4, 0.5) is 0 Å². The Balaban J connectivity index is 1.23. The third-order valence-corrected chi connectivity index (χ3v) is 11.2. The first-order valence-electron chi connectivity index (χ1n) is 21.5. The molecule has 0 aromatic heterocycles. The molecule has 4 heterocycles. The topological polar surface area (TPSA) is 391 Å². The van der Waals surface area contributed by atoms with Crippen molar-refractivity contribution in [2.75, 3.05) is 26.4 Å². The van der Waals surface area contributed by atoms with Gasteiger partial charge >= 0.3 is 11.9 Å². The number of aliphatic hydroxyl groups excluding tert-OH is 14. The number of ether oxygens (including phenoxy) is 8. The van der Waals surface area contributed by atoms with Crippen molar-refractivity contribution >= 4 is 11.9 Å². The van der Waals surface area contributed by atoms with E-state index in [1.54, 1.807) is 62.5 Å². The van der Waals surface area contributed by atoms with E-state index in [0.29, 0.717) is 0 Å². The van der Waals surface area contributed by atoms with Gasteiger partial charge in [0, 0.05) is 11.1 Å². The summed E-state index contributed by atoms with van der Waals surface area (Å²) >= 11 is 0. The van der Waals surface area contributed by atoms with Crippen molar-refractivity contribution in [1.29, 1.82) is 0 Å². The van der Waals surface area contributed by atoms with Crippen LogP contribution >= 0.6 is 0 Å². The van der Waals surface area contributed by atoms with Crippen molar-refractivity contribution in [3.05, 3.63) is 83.1 Å². The smallest absolute Gasteiger partial charge is 0.336 e. The minimum absolute atomic E-state index is 0.0726. The number of carbonyl (C=O) groups is 2. The maximum absolute atomic E-state index is 12.8. The molecule has 14 N–H and O–H groups in total. The molecule has 384 valence electrons. The van der Waals surface area contributed by atoms with Gasteiger partial charge in [-0.15, -0.1) is 0 Å². The van der Waals surface area contributed by atoms with Crippen LogP contribution < -0.4 is 0 Å². The van der Waals surface area contributed by atoms with Gasteiger partial charge in [-0.05, 0) is 27.7 Å². The fourth-order valence-electron chi connectivity index (χ4n) is 6.84. The van der Waals surface area contributed by atoms with Crippen molar-refractivity contribution in [2.24, 2.45) is 0 Å². The van der Waals surface area contributed by atoms with Crippen LogP contribution in [-0.2, 0) is 47.5 Å². The first-order valence-corrected chi connectivity index (χ1v) is 21.5. The lowest BCUT2D eigenvalue weighted by Gasteiger charge is -2.42. The van der Waals surface area contributed by atoms with Crippen molar-refractivity contribution in [3.63, 3.8) is 0 Å². The van der Waals surface area contributed by atoms with Crippen molar-refractivity contribution < 1.29 is 119 Å². The lowest BCUT2D eigenvalue weighted by molar-refractivity contribution is -0.326. The molecule has 1 unspecified atom stereocenters. The molecule has 4 aliphatic heterocycles. The predicted octanol–water partition coefficient (Wildman–Crippen LogP) is -5.23. The molecule has 0 amide bonds. The van der Waals surface area contributed by atoms with Gasteiger partial charge in [0.1, 0.15) is 97.7 Å². The summed E-state index contributed by atoms with van der Waals surface area (Å²) in [5.74, 6) is -1.86. The largest absolute Gasteiger partial charge is 0.429 e. The molecule has 0 aromatic carbocycles. The summed E-state index contributed by atoms with van der Waals surface area (Å²) in [4.78, 5) is 25.6. The third-order valence-electron chi connectivity index (χ3n) is 11.2. The van der Waals surface area contributed by atoms with Crippen LogP contribution in [-0.4, -0.2) is 233 Å². The Morgan fingerprint density at radius 3 is 1.01 bits per heavy atom. The second-order valence-corrected chi connectivity index (χ2v) is 16.5. The Kier molecular flexibility index (Phi) is 22.2. The standard InChI is InChI=1S/C44H64O24/c1-19(11-7-13-21(3)39(59)67-43-37(57)33(53)29(49)25(65-43)17-61-41-35(55)31(51)27(47)23(15-45)63-41)9-5-6-10-20(2)12-8-14-22(4)40(60)68-44-38(58)34(54)30(50)26(66-44)18-62-42-36(56)32(52)28(48)24(16-46)64-42/h5-14,23-38,41-58H,15-18H2,1-4H3/b6-5+,11-7+,12-8+,19-9+,20-10+,21-13+,22-14+/t23-,24-,25-,26-,27-,28-,29-,30-,31+,32+,33+,34+,35-,36-,37-,38-,41-,42-,43+,44?/m1/s1. The summed E-state index contributed by atoms with van der Waals surface area (Å²) in [7, 11) is 0. The molecule has 4 saturated heterocycles. The second-order valence-electron chi connectivity index (χ2n) is 16.5. The zero-order valence-electron chi connectivity index (χ0n) is 37.5. The lowest BCUT2D eigenvalue weighted by Crippen LogP contribution is -2.61. The molecule has 0 aliphatic carbocycles. The average Bonchev–Trinajstić information content (AvgIpc) is 3.31. The second kappa shape index (κ2) is 26.5. The van der Waals surface area contributed by atoms with E-state index in [0.717, 1.165) is 11.1 Å². The maximum atomic E-state index is 12.8. The van der Waals surface area contributed by atoms with Crippen LogP contribution in [0.25, 0.3) is 0 Å². The molecule has 0 saturated carbocycles. The number of allylic oxidation sites excluding steroid dienone is 12. The minimum atomic E-state index is -1.86. The van der Waals surface area contributed by atoms with Gasteiger partial charge in [0.15, 0.2) is 12.6 Å². The summed E-state index contributed by atoms with van der Waals surface area (Å²) in [5, 5.41) is 142. The van der Waals surface area contributed by atoms with Gasteiger partial charge in [0.25, 0.3) is 0 Å². The van der Waals surface area contributed by atoms with E-state index in [-0.39, 0.29) is 11.1 Å². The highest BCUT2D eigenvalue weighted by Crippen LogP contribution is 2.28. The van der Waals surface area contributed by atoms with E-state index < -0.39 is 161 Å². The van der Waals surface area contributed by atoms with Crippen LogP contribution in [0.5, 0.6) is 0 Å². The van der Waals surface area contributed by atoms with Crippen molar-refractivity contribution in [2.45, 2.75) is 151 Å². The van der Waals surface area contributed by atoms with Crippen molar-refractivity contribution in [3.8, 4) is 0 Å². The molecule has 0 aromatic rings. The molecule has 4 fully saturated rings. The summed E-state index contributed by atoms with van der Waals surface area (Å²) in [6, 6.07) is 0. The van der Waals surface area contributed by atoms with E-state index in [1.165, 1.54) is 26.0 Å². The van der Waals surface area contributed by atoms with Crippen LogP contribution in [0.3, 0.4) is 0 Å². The van der Waals surface area contributed by atoms with E-state index in [1.807, 2.05) is 0 Å². The molecule has 0 radical (unpaired) electrons. The maximum Gasteiger partial charge on any atom is 0.336 e. The summed E-state index contributed by atoms with van der Waals surface area (Å²) in [6.07, 6.45) is -16.8. The van der Waals surface area contributed by atoms with Gasteiger partial charge in [-0.3, -0.25) is 0 Å². The third kappa shape index (κ3) is 14.9. The number of esters is 2. The number of hydrogen-bond acceptors (Lipinski definition) is 24. The zero-order valence-corrected chi connectivity index (χ0v) is 37.5.